The van der Waals surface area contributed by atoms with Gasteiger partial charge in [0.1, 0.15) is 6.04 Å². The van der Waals surface area contributed by atoms with Gasteiger partial charge in [-0.15, -0.1) is 0 Å². The Balaban J connectivity index is 0.00000121. The maximum atomic E-state index is 13.0. The number of carbonyl (C=O) groups excluding carboxylic acids is 2. The van der Waals surface area contributed by atoms with Crippen LogP contribution in [0.15, 0.2) is 36.5 Å². The van der Waals surface area contributed by atoms with Crippen LogP contribution in [0.4, 0.5) is 0 Å². The monoisotopic (exact) mass is 530 g/mol. The fourth-order valence-electron chi connectivity index (χ4n) is 4.55. The van der Waals surface area contributed by atoms with E-state index in [0.29, 0.717) is 12.3 Å². The summed E-state index contributed by atoms with van der Waals surface area (Å²) in [6.07, 6.45) is 1.58. The lowest BCUT2D eigenvalue weighted by molar-refractivity contribution is -0.139. The van der Waals surface area contributed by atoms with Crippen LogP contribution in [0.5, 0.6) is 0 Å². The highest BCUT2D eigenvalue weighted by molar-refractivity contribution is 5.88. The number of aliphatic hydroxyl groups excluding tert-OH is 2. The number of ether oxygens (including phenoxy) is 1. The summed E-state index contributed by atoms with van der Waals surface area (Å²) in [6.45, 7) is 14.1. The summed E-state index contributed by atoms with van der Waals surface area (Å²) in [5.41, 5.74) is 2.76. The smallest absolute Gasteiger partial charge is 0.243 e. The first-order valence-corrected chi connectivity index (χ1v) is 13.9. The fraction of sp³-hybridized carbons (Fsp3) is 0.621. The zero-order valence-corrected chi connectivity index (χ0v) is 23.8. The second kappa shape index (κ2) is 15.6. The van der Waals surface area contributed by atoms with Crippen molar-refractivity contribution in [2.24, 2.45) is 11.8 Å². The van der Waals surface area contributed by atoms with Crippen molar-refractivity contribution in [3.05, 3.63) is 42.1 Å². The molecule has 0 aliphatic carbocycles. The Morgan fingerprint density at radius 1 is 1.11 bits per heavy atom. The summed E-state index contributed by atoms with van der Waals surface area (Å²) in [4.78, 5) is 27.1. The van der Waals surface area contributed by atoms with Gasteiger partial charge in [-0.25, -0.2) is 0 Å². The van der Waals surface area contributed by atoms with Gasteiger partial charge in [0.05, 0.1) is 37.7 Å². The van der Waals surface area contributed by atoms with E-state index < -0.39 is 18.2 Å². The van der Waals surface area contributed by atoms with Gasteiger partial charge in [0, 0.05) is 38.0 Å². The maximum Gasteiger partial charge on any atom is 0.243 e. The third-order valence-electron chi connectivity index (χ3n) is 6.45. The predicted molar refractivity (Wildman–Crippen MR) is 148 cm³/mol. The molecule has 3 heterocycles. The number of aliphatic hydroxyl groups is 2. The minimum absolute atomic E-state index is 0.137. The fourth-order valence-corrected chi connectivity index (χ4v) is 4.55. The molecule has 4 rings (SSSR count). The topological polar surface area (TPSA) is 117 Å². The number of rotatable bonds is 9. The standard InChI is InChI=1S/C25H34N4O5.2C2H6/c1-16(2)9-24(32)28-12-20(31)10-23(28)25(33)27-21(13-30)18-3-5-19(6-4-18)22-7-8-26-29(22)11-17-14-34-15-17;2*1-2/h3-8,16-17,20-21,23,30-31H,9-15H2,1-2H3,(H,27,33);2*1-2H3. The Morgan fingerprint density at radius 2 is 1.76 bits per heavy atom. The van der Waals surface area contributed by atoms with Crippen LogP contribution in [-0.4, -0.2) is 75.2 Å². The van der Waals surface area contributed by atoms with Crippen molar-refractivity contribution in [3.8, 4) is 11.3 Å². The first-order valence-electron chi connectivity index (χ1n) is 13.9. The zero-order chi connectivity index (χ0) is 28.2. The Bertz CT molecular complexity index is 987. The molecular formula is C29H46N4O5. The number of nitrogens with zero attached hydrogens (tertiary/aromatic N) is 3. The molecule has 38 heavy (non-hydrogen) atoms. The number of amides is 2. The van der Waals surface area contributed by atoms with Crippen molar-refractivity contribution >= 4 is 11.8 Å². The quantitative estimate of drug-likeness (QED) is 0.458. The van der Waals surface area contributed by atoms with Gasteiger partial charge in [0.2, 0.25) is 11.8 Å². The van der Waals surface area contributed by atoms with Crippen molar-refractivity contribution in [1.29, 1.82) is 0 Å². The van der Waals surface area contributed by atoms with Crippen LogP contribution in [0.25, 0.3) is 11.3 Å². The van der Waals surface area contributed by atoms with Crippen LogP contribution in [0.2, 0.25) is 0 Å². The molecule has 0 bridgehead atoms. The molecule has 2 aromatic rings. The van der Waals surface area contributed by atoms with Gasteiger partial charge in [0.15, 0.2) is 0 Å². The molecule has 2 saturated heterocycles. The van der Waals surface area contributed by atoms with E-state index in [4.69, 9.17) is 4.74 Å². The lowest BCUT2D eigenvalue weighted by atomic mass is 10.0. The molecule has 2 aliphatic rings. The largest absolute Gasteiger partial charge is 0.394 e. The molecule has 3 atom stereocenters. The third-order valence-corrected chi connectivity index (χ3v) is 6.45. The Morgan fingerprint density at radius 3 is 2.32 bits per heavy atom. The lowest BCUT2D eigenvalue weighted by Gasteiger charge is -2.27. The highest BCUT2D eigenvalue weighted by Crippen LogP contribution is 2.25. The molecule has 2 amide bonds. The molecule has 1 aromatic carbocycles. The highest BCUT2D eigenvalue weighted by Gasteiger charge is 2.39. The van der Waals surface area contributed by atoms with Crippen molar-refractivity contribution in [2.45, 2.75) is 79.1 Å². The van der Waals surface area contributed by atoms with E-state index in [1.54, 1.807) is 6.20 Å². The molecule has 2 aliphatic heterocycles. The number of benzene rings is 1. The first kappa shape index (κ1) is 31.5. The second-order valence-electron chi connectivity index (χ2n) is 9.72. The van der Waals surface area contributed by atoms with E-state index in [0.717, 1.165) is 36.6 Å². The van der Waals surface area contributed by atoms with E-state index in [-0.39, 0.29) is 37.3 Å². The summed E-state index contributed by atoms with van der Waals surface area (Å²) in [7, 11) is 0. The summed E-state index contributed by atoms with van der Waals surface area (Å²) >= 11 is 0. The number of hydrogen-bond donors (Lipinski definition) is 3. The summed E-state index contributed by atoms with van der Waals surface area (Å²) in [6, 6.07) is 8.28. The van der Waals surface area contributed by atoms with Gasteiger partial charge >= 0.3 is 0 Å². The second-order valence-corrected chi connectivity index (χ2v) is 9.72. The van der Waals surface area contributed by atoms with Crippen LogP contribution >= 0.6 is 0 Å². The van der Waals surface area contributed by atoms with E-state index in [2.05, 4.69) is 10.4 Å². The Kier molecular flexibility index (Phi) is 12.9. The Labute approximate surface area is 227 Å². The molecule has 3 N–H and O–H groups in total. The highest BCUT2D eigenvalue weighted by atomic mass is 16.5. The number of β-amino-alcohol motifs (C(OH)–C–C–N with tert-alkyl or cyclic N) is 1. The molecule has 2 fully saturated rings. The molecule has 0 saturated carbocycles. The normalized spacial score (nSPS) is 19.6. The van der Waals surface area contributed by atoms with Gasteiger partial charge < -0.3 is 25.2 Å². The maximum absolute atomic E-state index is 13.0. The van der Waals surface area contributed by atoms with E-state index in [1.807, 2.05) is 76.6 Å². The van der Waals surface area contributed by atoms with E-state index in [1.165, 1.54) is 4.90 Å². The molecule has 9 heteroatoms. The average Bonchev–Trinajstić information content (AvgIpc) is 3.53. The van der Waals surface area contributed by atoms with Crippen LogP contribution in [0, 0.1) is 11.8 Å². The molecule has 9 nitrogen and oxygen atoms in total. The van der Waals surface area contributed by atoms with Crippen LogP contribution in [0.1, 0.15) is 66.0 Å². The molecule has 0 radical (unpaired) electrons. The van der Waals surface area contributed by atoms with Crippen LogP contribution in [0.3, 0.4) is 0 Å². The minimum Gasteiger partial charge on any atom is -0.394 e. The van der Waals surface area contributed by atoms with Gasteiger partial charge in [-0.1, -0.05) is 65.8 Å². The molecule has 212 valence electrons. The summed E-state index contributed by atoms with van der Waals surface area (Å²) < 4.78 is 7.23. The lowest BCUT2D eigenvalue weighted by Crippen LogP contribution is -2.47. The number of aromatic nitrogens is 2. The van der Waals surface area contributed by atoms with Gasteiger partial charge in [-0.3, -0.25) is 14.3 Å². The molecule has 0 spiro atoms. The Hall–Kier alpha value is -2.75. The first-order chi connectivity index (χ1) is 18.4. The predicted octanol–water partition coefficient (Wildman–Crippen LogP) is 3.41. The van der Waals surface area contributed by atoms with Gasteiger partial charge in [0.25, 0.3) is 0 Å². The van der Waals surface area contributed by atoms with Gasteiger partial charge in [-0.05, 0) is 23.1 Å². The van der Waals surface area contributed by atoms with E-state index >= 15 is 0 Å². The third kappa shape index (κ3) is 8.12. The van der Waals surface area contributed by atoms with E-state index in [9.17, 15) is 19.8 Å². The number of likely N-dealkylation sites (tertiary alicyclic amines) is 1. The van der Waals surface area contributed by atoms with Crippen molar-refractivity contribution in [1.82, 2.24) is 20.0 Å². The average molecular weight is 531 g/mol. The van der Waals surface area contributed by atoms with Crippen molar-refractivity contribution < 1.29 is 24.5 Å². The van der Waals surface area contributed by atoms with Crippen LogP contribution < -0.4 is 5.32 Å². The number of nitrogens with one attached hydrogen (secondary N) is 1. The minimum atomic E-state index is -0.737. The molecule has 1 aromatic heterocycles. The van der Waals surface area contributed by atoms with Gasteiger partial charge in [-0.2, -0.15) is 5.10 Å². The zero-order valence-electron chi connectivity index (χ0n) is 23.8. The number of carbonyl (C=O) groups is 2. The SMILES string of the molecule is CC.CC.CC(C)CC(=O)N1CC(O)CC1C(=O)NC(CO)c1ccc(-c2ccnn2CC2COC2)cc1. The summed E-state index contributed by atoms with van der Waals surface area (Å²) in [5, 5.41) is 27.4. The van der Waals surface area contributed by atoms with Crippen molar-refractivity contribution in [3.63, 3.8) is 0 Å². The van der Waals surface area contributed by atoms with Crippen molar-refractivity contribution in [2.75, 3.05) is 26.4 Å². The molecule has 3 unspecified atom stereocenters. The summed E-state index contributed by atoms with van der Waals surface area (Å²) in [5.74, 6) is 0.142. The molecular weight excluding hydrogens is 484 g/mol. The number of hydrogen-bond acceptors (Lipinski definition) is 6. The van der Waals surface area contributed by atoms with Crippen LogP contribution in [-0.2, 0) is 20.9 Å².